The summed E-state index contributed by atoms with van der Waals surface area (Å²) in [6.07, 6.45) is 0. The van der Waals surface area contributed by atoms with Crippen molar-refractivity contribution in [1.82, 2.24) is 20.4 Å². The van der Waals surface area contributed by atoms with Crippen LogP contribution in [0.15, 0.2) is 26.9 Å². The molecule has 1 saturated heterocycles. The van der Waals surface area contributed by atoms with Crippen molar-refractivity contribution in [3.8, 4) is 0 Å². The molecule has 0 saturated carbocycles. The highest BCUT2D eigenvalue weighted by Gasteiger charge is 2.64. The Hall–Kier alpha value is -2.02. The Bertz CT molecular complexity index is 1670. The third-order valence-electron chi connectivity index (χ3n) is 12.9. The molecule has 0 bridgehead atoms. The number of hydrogen-bond donors (Lipinski definition) is 5. The van der Waals surface area contributed by atoms with Crippen LogP contribution in [-0.2, 0) is 4.74 Å². The van der Waals surface area contributed by atoms with Crippen LogP contribution in [0, 0.1) is 41.5 Å². The van der Waals surface area contributed by atoms with Gasteiger partial charge in [-0.25, -0.2) is 4.99 Å². The molecule has 0 aromatic heterocycles. The molecule has 0 amide bonds. The lowest BCUT2D eigenvalue weighted by Crippen LogP contribution is -2.90. The summed E-state index contributed by atoms with van der Waals surface area (Å²) >= 11 is 1.85. The van der Waals surface area contributed by atoms with Gasteiger partial charge in [-0.3, -0.25) is 27.0 Å². The molecule has 2 heterocycles. The molecule has 1 fully saturated rings. The van der Waals surface area contributed by atoms with Crippen molar-refractivity contribution in [3.05, 3.63) is 51.1 Å². The molecule has 3 atom stereocenters. The van der Waals surface area contributed by atoms with E-state index in [4.69, 9.17) is 21.2 Å². The number of fused-ring (bicyclic) bond motifs is 2. The topological polar surface area (TPSA) is 124 Å². The number of rotatable bonds is 8. The van der Waals surface area contributed by atoms with Crippen molar-refractivity contribution in [3.63, 3.8) is 0 Å². The molecular weight excluding hydrogens is 643 g/mol. The maximum atomic E-state index is 11.0. The SMILES string of the molecule is CCNC1(NC)C(C)N(C(C)(C)C(N)(N)OC(C)(C)C(C)(C)O)C(C)C(C)(C)N1C1=Nc2ccc(C)c(C)c2Sc2c(C)c(C)c(C)c(C)c21. The van der Waals surface area contributed by atoms with Crippen molar-refractivity contribution in [2.75, 3.05) is 13.6 Å². The Morgan fingerprint density at radius 2 is 1.44 bits per heavy atom. The molecule has 7 N–H and O–H groups in total. The fraction of sp³-hybridized carbons (Fsp3) is 0.675. The first-order chi connectivity index (χ1) is 22.7. The lowest BCUT2D eigenvalue weighted by molar-refractivity contribution is -0.270. The standard InChI is InChI=1S/C40H67N7O2S/c1-19-44-39(43-18)29(9)46(36(12,13)40(41,42)49-38(16,17)37(14,15)48)28(8)35(10,11)47(39)34-31-26(6)24(4)25(5)27(7)33(31)50-32-23(3)22(2)20-21-30(32)45-34/h20-21,28-29,43-44,48H,19,41-42H2,1-18H3. The van der Waals surface area contributed by atoms with E-state index < -0.39 is 33.9 Å². The quantitative estimate of drug-likeness (QED) is 0.192. The average Bonchev–Trinajstić information content (AvgIpc) is 3.16. The van der Waals surface area contributed by atoms with Gasteiger partial charge in [-0.2, -0.15) is 0 Å². The van der Waals surface area contributed by atoms with Gasteiger partial charge in [-0.1, -0.05) is 24.8 Å². The number of likely N-dealkylation sites (N-methyl/N-ethyl adjacent to an activating group) is 2. The minimum absolute atomic E-state index is 0.109. The minimum atomic E-state index is -1.65. The van der Waals surface area contributed by atoms with Crippen molar-refractivity contribution in [1.29, 1.82) is 0 Å². The Kier molecular flexibility index (Phi) is 10.7. The monoisotopic (exact) mass is 710 g/mol. The van der Waals surface area contributed by atoms with E-state index in [2.05, 4.69) is 123 Å². The van der Waals surface area contributed by atoms with E-state index in [1.165, 1.54) is 48.7 Å². The van der Waals surface area contributed by atoms with Gasteiger partial charge in [-0.05, 0) is 164 Å². The first kappa shape index (κ1) is 40.7. The van der Waals surface area contributed by atoms with Gasteiger partial charge in [0.2, 0.25) is 0 Å². The highest BCUT2D eigenvalue weighted by atomic mass is 32.2. The second kappa shape index (κ2) is 13.1. The first-order valence-corrected chi connectivity index (χ1v) is 19.0. The molecule has 0 spiro atoms. The summed E-state index contributed by atoms with van der Waals surface area (Å²) in [6.45, 7) is 36.4. The molecular formula is C40H67N7O2S. The number of nitrogens with one attached hydrogen (secondary N) is 2. The first-order valence-electron chi connectivity index (χ1n) is 18.2. The smallest absolute Gasteiger partial charge is 0.188 e. The summed E-state index contributed by atoms with van der Waals surface area (Å²) in [5.74, 6) is -1.56. The molecule has 0 aliphatic carbocycles. The highest BCUT2D eigenvalue weighted by Crippen LogP contribution is 2.51. The number of piperazine rings is 1. The average molecular weight is 710 g/mol. The zero-order valence-corrected chi connectivity index (χ0v) is 35.1. The second-order valence-electron chi connectivity index (χ2n) is 16.9. The van der Waals surface area contributed by atoms with E-state index in [-0.39, 0.29) is 12.1 Å². The number of nitrogens with two attached hydrogens (primary N) is 2. The van der Waals surface area contributed by atoms with Gasteiger partial charge in [-0.15, -0.1) is 0 Å². The van der Waals surface area contributed by atoms with Crippen molar-refractivity contribution < 1.29 is 9.84 Å². The predicted molar refractivity (Wildman–Crippen MR) is 210 cm³/mol. The second-order valence-corrected chi connectivity index (χ2v) is 17.9. The Morgan fingerprint density at radius 3 is 1.96 bits per heavy atom. The van der Waals surface area contributed by atoms with Gasteiger partial charge < -0.3 is 14.7 Å². The lowest BCUT2D eigenvalue weighted by Gasteiger charge is -2.69. The summed E-state index contributed by atoms with van der Waals surface area (Å²) in [4.78, 5) is 13.1. The molecule has 3 unspecified atom stereocenters. The summed E-state index contributed by atoms with van der Waals surface area (Å²) in [7, 11) is 2.02. The number of aliphatic hydroxyl groups is 1. The minimum Gasteiger partial charge on any atom is -0.387 e. The number of benzene rings is 2. The molecule has 10 heteroatoms. The van der Waals surface area contributed by atoms with Crippen LogP contribution in [0.3, 0.4) is 0 Å². The van der Waals surface area contributed by atoms with Gasteiger partial charge in [0.15, 0.2) is 11.6 Å². The van der Waals surface area contributed by atoms with Crippen LogP contribution in [0.5, 0.6) is 0 Å². The number of amidine groups is 1. The largest absolute Gasteiger partial charge is 0.387 e. The molecule has 2 aromatic rings. The maximum Gasteiger partial charge on any atom is 0.188 e. The summed E-state index contributed by atoms with van der Waals surface area (Å²) in [5, 5.41) is 18.8. The number of ether oxygens (including phenoxy) is 1. The maximum absolute atomic E-state index is 11.0. The van der Waals surface area contributed by atoms with Crippen molar-refractivity contribution in [2.24, 2.45) is 16.5 Å². The summed E-state index contributed by atoms with van der Waals surface area (Å²) in [6, 6.07) is 4.03. The highest BCUT2D eigenvalue weighted by molar-refractivity contribution is 7.99. The number of nitrogens with zero attached hydrogens (tertiary/aromatic N) is 3. The number of aryl methyl sites for hydroxylation is 1. The van der Waals surface area contributed by atoms with Gasteiger partial charge in [0, 0.05) is 21.4 Å². The fourth-order valence-corrected chi connectivity index (χ4v) is 9.38. The van der Waals surface area contributed by atoms with Gasteiger partial charge in [0.1, 0.15) is 5.84 Å². The van der Waals surface area contributed by atoms with Crippen molar-refractivity contribution in [2.45, 2.75) is 173 Å². The van der Waals surface area contributed by atoms with Crippen LogP contribution in [0.25, 0.3) is 0 Å². The number of hydrogen-bond acceptors (Lipinski definition) is 10. The Morgan fingerprint density at radius 1 is 0.880 bits per heavy atom. The predicted octanol–water partition coefficient (Wildman–Crippen LogP) is 6.65. The van der Waals surface area contributed by atoms with Crippen LogP contribution in [0.4, 0.5) is 5.69 Å². The van der Waals surface area contributed by atoms with Gasteiger partial charge in [0.25, 0.3) is 0 Å². The van der Waals surface area contributed by atoms with Crippen LogP contribution in [0.2, 0.25) is 0 Å². The molecule has 2 aromatic carbocycles. The summed E-state index contributed by atoms with van der Waals surface area (Å²) in [5.41, 5.74) is 20.2. The molecule has 2 aliphatic heterocycles. The molecule has 9 nitrogen and oxygen atoms in total. The van der Waals surface area contributed by atoms with E-state index in [0.717, 1.165) is 11.5 Å². The van der Waals surface area contributed by atoms with Crippen molar-refractivity contribution >= 4 is 23.3 Å². The third kappa shape index (κ3) is 6.05. The zero-order valence-electron chi connectivity index (χ0n) is 34.3. The molecule has 50 heavy (non-hydrogen) atoms. The van der Waals surface area contributed by atoms with E-state index >= 15 is 0 Å². The summed E-state index contributed by atoms with van der Waals surface area (Å²) < 4.78 is 6.54. The Labute approximate surface area is 307 Å². The van der Waals surface area contributed by atoms with Crippen LogP contribution < -0.4 is 22.1 Å². The van der Waals surface area contributed by atoms with E-state index in [1.807, 2.05) is 32.7 Å². The molecule has 2 aliphatic rings. The van der Waals surface area contributed by atoms with E-state index in [0.29, 0.717) is 6.54 Å². The normalized spacial score (nSPS) is 23.4. The van der Waals surface area contributed by atoms with E-state index in [1.54, 1.807) is 13.8 Å². The van der Waals surface area contributed by atoms with Crippen LogP contribution in [0.1, 0.15) is 115 Å². The fourth-order valence-electron chi connectivity index (χ4n) is 7.99. The van der Waals surface area contributed by atoms with Gasteiger partial charge in [0.05, 0.1) is 34.0 Å². The Balaban J connectivity index is 2.08. The third-order valence-corrected chi connectivity index (χ3v) is 14.3. The van der Waals surface area contributed by atoms with E-state index in [9.17, 15) is 5.11 Å². The molecule has 280 valence electrons. The van der Waals surface area contributed by atoms with Crippen LogP contribution >= 0.6 is 11.8 Å². The molecule has 4 rings (SSSR count). The lowest BCUT2D eigenvalue weighted by atomic mass is 9.77. The van der Waals surface area contributed by atoms with Crippen LogP contribution in [-0.4, -0.2) is 80.3 Å². The van der Waals surface area contributed by atoms with Gasteiger partial charge >= 0.3 is 0 Å². The number of aliphatic imine (C=N–C) groups is 1. The molecule has 0 radical (unpaired) electrons. The zero-order chi connectivity index (χ0) is 38.3.